The summed E-state index contributed by atoms with van der Waals surface area (Å²) < 4.78 is 66.1. The van der Waals surface area contributed by atoms with Crippen LogP contribution in [0.5, 0.6) is 0 Å². The van der Waals surface area contributed by atoms with E-state index in [0.29, 0.717) is 6.07 Å². The largest absolute Gasteiger partial charge is 0.396 e. The molecule has 0 bridgehead atoms. The summed E-state index contributed by atoms with van der Waals surface area (Å²) in [4.78, 5) is 11.7. The van der Waals surface area contributed by atoms with E-state index in [2.05, 4.69) is 0 Å². The first-order valence-corrected chi connectivity index (χ1v) is 5.50. The first-order valence-electron chi connectivity index (χ1n) is 5.50. The van der Waals surface area contributed by atoms with Crippen molar-refractivity contribution < 1.29 is 26.7 Å². The van der Waals surface area contributed by atoms with Gasteiger partial charge in [-0.3, -0.25) is 4.79 Å². The Labute approximate surface area is 115 Å². The number of halogens is 5. The Bertz CT molecular complexity index is 733. The van der Waals surface area contributed by atoms with Crippen LogP contribution in [-0.2, 0) is 0 Å². The zero-order chi connectivity index (χ0) is 15.7. The minimum atomic E-state index is -1.47. The lowest BCUT2D eigenvalue weighted by molar-refractivity contribution is 0.101. The van der Waals surface area contributed by atoms with E-state index < -0.39 is 51.9 Å². The Morgan fingerprint density at radius 3 is 2.19 bits per heavy atom. The van der Waals surface area contributed by atoms with Crippen molar-refractivity contribution in [2.24, 2.45) is 0 Å². The molecule has 110 valence electrons. The van der Waals surface area contributed by atoms with Crippen LogP contribution in [0.2, 0.25) is 0 Å². The highest BCUT2D eigenvalue weighted by Gasteiger charge is 2.21. The van der Waals surface area contributed by atoms with Crippen LogP contribution in [0.1, 0.15) is 10.4 Å². The van der Waals surface area contributed by atoms with Gasteiger partial charge in [-0.25, -0.2) is 22.0 Å². The number of hydrogen-bond donors (Lipinski definition) is 2. The zero-order valence-corrected chi connectivity index (χ0v) is 10.2. The van der Waals surface area contributed by atoms with Crippen LogP contribution in [0.25, 0.3) is 0 Å². The molecule has 0 spiro atoms. The van der Waals surface area contributed by atoms with Gasteiger partial charge in [-0.1, -0.05) is 0 Å². The Balaban J connectivity index is 2.40. The lowest BCUT2D eigenvalue weighted by Crippen LogP contribution is -2.18. The van der Waals surface area contributed by atoms with Crippen LogP contribution < -0.4 is 11.1 Å². The summed E-state index contributed by atoms with van der Waals surface area (Å²) in [6, 6.07) is 2.19. The molecule has 1 amide bonds. The molecule has 0 atom stereocenters. The fourth-order valence-electron chi connectivity index (χ4n) is 1.58. The summed E-state index contributed by atoms with van der Waals surface area (Å²) in [5.41, 5.74) is 2.88. The fourth-order valence-corrected chi connectivity index (χ4v) is 1.58. The second-order valence-corrected chi connectivity index (χ2v) is 4.03. The molecule has 0 heterocycles. The highest BCUT2D eigenvalue weighted by atomic mass is 19.2. The van der Waals surface area contributed by atoms with Gasteiger partial charge in [-0.05, 0) is 12.1 Å². The SMILES string of the molecule is Nc1ccc(F)c(C(=O)Nc2cc(F)c(F)cc2F)c1F. The molecule has 2 rings (SSSR count). The summed E-state index contributed by atoms with van der Waals surface area (Å²) >= 11 is 0. The van der Waals surface area contributed by atoms with Crippen LogP contribution in [0.3, 0.4) is 0 Å². The standard InChI is InChI=1S/C13H7F5N2O/c14-5-1-2-9(19)12(18)11(5)13(21)20-10-4-7(16)6(15)3-8(10)17/h1-4H,19H2,(H,20,21). The van der Waals surface area contributed by atoms with Crippen molar-refractivity contribution in [1.29, 1.82) is 0 Å². The molecular weight excluding hydrogens is 295 g/mol. The number of amides is 1. The molecule has 0 fully saturated rings. The van der Waals surface area contributed by atoms with Crippen molar-refractivity contribution in [2.75, 3.05) is 11.1 Å². The van der Waals surface area contributed by atoms with Gasteiger partial charge in [0.25, 0.3) is 5.91 Å². The summed E-state index contributed by atoms with van der Waals surface area (Å²) in [5, 5.41) is 1.75. The van der Waals surface area contributed by atoms with Crippen LogP contribution in [0, 0.1) is 29.1 Å². The van der Waals surface area contributed by atoms with Crippen LogP contribution >= 0.6 is 0 Å². The Hall–Kier alpha value is -2.64. The van der Waals surface area contributed by atoms with E-state index in [-0.39, 0.29) is 6.07 Å². The number of benzene rings is 2. The van der Waals surface area contributed by atoms with Crippen LogP contribution in [0.15, 0.2) is 24.3 Å². The molecule has 0 aliphatic heterocycles. The smallest absolute Gasteiger partial charge is 0.261 e. The van der Waals surface area contributed by atoms with Crippen LogP contribution in [0.4, 0.5) is 33.3 Å². The van der Waals surface area contributed by atoms with Crippen molar-refractivity contribution in [3.05, 3.63) is 58.9 Å². The maximum Gasteiger partial charge on any atom is 0.261 e. The normalized spacial score (nSPS) is 10.5. The maximum absolute atomic E-state index is 13.6. The molecule has 0 aliphatic rings. The van der Waals surface area contributed by atoms with Gasteiger partial charge < -0.3 is 11.1 Å². The summed E-state index contributed by atoms with van der Waals surface area (Å²) in [6.07, 6.45) is 0. The van der Waals surface area contributed by atoms with Gasteiger partial charge in [0.05, 0.1) is 11.4 Å². The Morgan fingerprint density at radius 2 is 1.52 bits per heavy atom. The molecule has 2 aromatic carbocycles. The summed E-state index contributed by atoms with van der Waals surface area (Å²) in [7, 11) is 0. The van der Waals surface area contributed by atoms with Gasteiger partial charge in [0.15, 0.2) is 17.5 Å². The van der Waals surface area contributed by atoms with Gasteiger partial charge in [-0.15, -0.1) is 0 Å². The predicted octanol–water partition coefficient (Wildman–Crippen LogP) is 3.22. The molecule has 21 heavy (non-hydrogen) atoms. The third kappa shape index (κ3) is 2.78. The molecule has 0 aromatic heterocycles. The number of rotatable bonds is 2. The lowest BCUT2D eigenvalue weighted by atomic mass is 10.1. The van der Waals surface area contributed by atoms with E-state index in [1.807, 2.05) is 0 Å². The van der Waals surface area contributed by atoms with Gasteiger partial charge >= 0.3 is 0 Å². The van der Waals surface area contributed by atoms with E-state index in [1.54, 1.807) is 5.32 Å². The minimum Gasteiger partial charge on any atom is -0.396 e. The van der Waals surface area contributed by atoms with Gasteiger partial charge in [-0.2, -0.15) is 0 Å². The highest BCUT2D eigenvalue weighted by Crippen LogP contribution is 2.22. The van der Waals surface area contributed by atoms with Crippen molar-refractivity contribution in [3.8, 4) is 0 Å². The Morgan fingerprint density at radius 1 is 0.905 bits per heavy atom. The topological polar surface area (TPSA) is 55.1 Å². The number of nitrogens with one attached hydrogen (secondary N) is 1. The number of anilines is 2. The number of nitrogens with two attached hydrogens (primary N) is 1. The minimum absolute atomic E-state index is 0.191. The fraction of sp³-hybridized carbons (Fsp3) is 0. The molecule has 0 radical (unpaired) electrons. The van der Waals surface area contributed by atoms with Crippen molar-refractivity contribution in [3.63, 3.8) is 0 Å². The number of carbonyl (C=O) groups is 1. The molecule has 0 saturated carbocycles. The molecular formula is C13H7F5N2O. The van der Waals surface area contributed by atoms with Crippen LogP contribution in [-0.4, -0.2) is 5.91 Å². The molecule has 0 unspecified atom stereocenters. The lowest BCUT2D eigenvalue weighted by Gasteiger charge is -2.09. The van der Waals surface area contributed by atoms with Gasteiger partial charge in [0, 0.05) is 12.1 Å². The second kappa shape index (κ2) is 5.39. The van der Waals surface area contributed by atoms with E-state index in [1.165, 1.54) is 0 Å². The average Bonchev–Trinajstić information content (AvgIpc) is 2.41. The third-order valence-electron chi connectivity index (χ3n) is 2.61. The van der Waals surface area contributed by atoms with Crippen molar-refractivity contribution in [2.45, 2.75) is 0 Å². The first kappa shape index (κ1) is 14.8. The molecule has 3 N–H and O–H groups in total. The second-order valence-electron chi connectivity index (χ2n) is 4.03. The van der Waals surface area contributed by atoms with Gasteiger partial charge in [0.2, 0.25) is 0 Å². The number of nitrogen functional groups attached to an aromatic ring is 1. The monoisotopic (exact) mass is 302 g/mol. The van der Waals surface area contributed by atoms with Crippen molar-refractivity contribution in [1.82, 2.24) is 0 Å². The maximum atomic E-state index is 13.6. The quantitative estimate of drug-likeness (QED) is 0.508. The Kier molecular flexibility index (Phi) is 3.79. The number of hydrogen-bond acceptors (Lipinski definition) is 2. The molecule has 0 aliphatic carbocycles. The highest BCUT2D eigenvalue weighted by molar-refractivity contribution is 6.05. The summed E-state index contributed by atoms with van der Waals surface area (Å²) in [6.45, 7) is 0. The molecule has 0 saturated heterocycles. The van der Waals surface area contributed by atoms with E-state index in [0.717, 1.165) is 12.1 Å². The summed E-state index contributed by atoms with van der Waals surface area (Å²) in [5.74, 6) is -8.15. The molecule has 3 nitrogen and oxygen atoms in total. The number of carbonyl (C=O) groups excluding carboxylic acids is 1. The average molecular weight is 302 g/mol. The van der Waals surface area contributed by atoms with Gasteiger partial charge in [0.1, 0.15) is 17.2 Å². The molecule has 2 aromatic rings. The zero-order valence-electron chi connectivity index (χ0n) is 10.2. The molecule has 8 heteroatoms. The predicted molar refractivity (Wildman–Crippen MR) is 65.0 cm³/mol. The van der Waals surface area contributed by atoms with E-state index in [4.69, 9.17) is 5.73 Å². The third-order valence-corrected chi connectivity index (χ3v) is 2.61. The first-order chi connectivity index (χ1) is 9.81. The van der Waals surface area contributed by atoms with E-state index in [9.17, 15) is 26.7 Å². The van der Waals surface area contributed by atoms with Crippen molar-refractivity contribution >= 4 is 17.3 Å². The van der Waals surface area contributed by atoms with E-state index >= 15 is 0 Å².